The van der Waals surface area contributed by atoms with E-state index in [0.29, 0.717) is 0 Å². The van der Waals surface area contributed by atoms with Crippen molar-refractivity contribution in [3.8, 4) is 0 Å². The molecule has 5 nitrogen and oxygen atoms in total. The number of fused-ring (bicyclic) bond motifs is 1. The molecule has 0 aromatic carbocycles. The fourth-order valence-corrected chi connectivity index (χ4v) is 2.56. The summed E-state index contributed by atoms with van der Waals surface area (Å²) in [7, 11) is 1.40. The van der Waals surface area contributed by atoms with Gasteiger partial charge in [0.15, 0.2) is 0 Å². The van der Waals surface area contributed by atoms with Crippen molar-refractivity contribution >= 4 is 17.8 Å². The molecule has 16 heavy (non-hydrogen) atoms. The Hall–Kier alpha value is -1.65. The summed E-state index contributed by atoms with van der Waals surface area (Å²) in [6.45, 7) is 1.75. The molecule has 0 saturated carbocycles. The van der Waals surface area contributed by atoms with Crippen LogP contribution in [-0.2, 0) is 14.4 Å². The van der Waals surface area contributed by atoms with Crippen LogP contribution in [-0.4, -0.2) is 34.8 Å². The molecule has 0 aromatic heterocycles. The maximum atomic E-state index is 11.8. The lowest BCUT2D eigenvalue weighted by molar-refractivity contribution is -0.150. The summed E-state index contributed by atoms with van der Waals surface area (Å²) in [6, 6.07) is 0. The molecule has 2 aliphatic rings. The number of nitrogens with zero attached hydrogens (tertiary/aromatic N) is 1. The maximum Gasteiger partial charge on any atom is 0.307 e. The number of imide groups is 1. The minimum Gasteiger partial charge on any atom is -0.481 e. The Bertz CT molecular complexity index is 401. The Morgan fingerprint density at radius 3 is 2.50 bits per heavy atom. The van der Waals surface area contributed by atoms with Gasteiger partial charge in [-0.15, -0.1) is 0 Å². The van der Waals surface area contributed by atoms with Gasteiger partial charge in [-0.2, -0.15) is 0 Å². The number of hydrogen-bond donors (Lipinski definition) is 1. The number of allylic oxidation sites excluding steroid dienone is 1. The average Bonchev–Trinajstić information content (AvgIpc) is 2.43. The van der Waals surface area contributed by atoms with Crippen molar-refractivity contribution in [1.29, 1.82) is 0 Å². The van der Waals surface area contributed by atoms with E-state index in [-0.39, 0.29) is 17.7 Å². The van der Waals surface area contributed by atoms with E-state index in [2.05, 4.69) is 0 Å². The third-order valence-corrected chi connectivity index (χ3v) is 3.48. The topological polar surface area (TPSA) is 74.7 Å². The Balaban J connectivity index is 2.44. The third kappa shape index (κ3) is 1.27. The average molecular weight is 223 g/mol. The molecular weight excluding hydrogens is 210 g/mol. The number of rotatable bonds is 1. The molecular formula is C11H13NO4. The number of carbonyl (C=O) groups is 3. The van der Waals surface area contributed by atoms with Gasteiger partial charge in [0.2, 0.25) is 11.8 Å². The van der Waals surface area contributed by atoms with Crippen molar-refractivity contribution in [2.75, 3.05) is 7.05 Å². The van der Waals surface area contributed by atoms with Gasteiger partial charge in [0.05, 0.1) is 17.8 Å². The van der Waals surface area contributed by atoms with E-state index in [0.717, 1.165) is 4.90 Å². The monoisotopic (exact) mass is 223 g/mol. The molecule has 1 fully saturated rings. The van der Waals surface area contributed by atoms with Crippen LogP contribution in [0.3, 0.4) is 0 Å². The van der Waals surface area contributed by atoms with E-state index in [4.69, 9.17) is 5.11 Å². The highest BCUT2D eigenvalue weighted by Gasteiger charge is 2.53. The van der Waals surface area contributed by atoms with Crippen LogP contribution in [0.5, 0.6) is 0 Å². The van der Waals surface area contributed by atoms with Crippen LogP contribution in [0, 0.1) is 23.7 Å². The summed E-state index contributed by atoms with van der Waals surface area (Å²) in [6.07, 6.45) is 3.38. The maximum absolute atomic E-state index is 11.8. The summed E-state index contributed by atoms with van der Waals surface area (Å²) in [4.78, 5) is 35.7. The molecule has 0 spiro atoms. The second kappa shape index (κ2) is 3.43. The predicted molar refractivity (Wildman–Crippen MR) is 54.2 cm³/mol. The Labute approximate surface area is 92.7 Å². The lowest BCUT2D eigenvalue weighted by Crippen LogP contribution is -2.38. The van der Waals surface area contributed by atoms with Gasteiger partial charge < -0.3 is 5.11 Å². The fraction of sp³-hybridized carbons (Fsp3) is 0.545. The van der Waals surface area contributed by atoms with Gasteiger partial charge in [0, 0.05) is 7.05 Å². The molecule has 1 aliphatic carbocycles. The molecule has 1 saturated heterocycles. The second-order valence-corrected chi connectivity index (χ2v) is 4.40. The van der Waals surface area contributed by atoms with Crippen molar-refractivity contribution in [3.05, 3.63) is 12.2 Å². The first kappa shape index (κ1) is 10.9. The summed E-state index contributed by atoms with van der Waals surface area (Å²) < 4.78 is 0. The zero-order valence-electron chi connectivity index (χ0n) is 9.08. The molecule has 5 heteroatoms. The van der Waals surface area contributed by atoms with Crippen molar-refractivity contribution in [2.45, 2.75) is 6.92 Å². The summed E-state index contributed by atoms with van der Waals surface area (Å²) >= 11 is 0. The molecule has 1 N–H and O–H groups in total. The summed E-state index contributed by atoms with van der Waals surface area (Å²) in [5.74, 6) is -4.02. The van der Waals surface area contributed by atoms with E-state index in [1.165, 1.54) is 7.05 Å². The molecule has 0 unspecified atom stereocenters. The van der Waals surface area contributed by atoms with E-state index in [9.17, 15) is 14.4 Å². The number of likely N-dealkylation sites (tertiary alicyclic amines) is 1. The predicted octanol–water partition coefficient (Wildman–Crippen LogP) is 0.124. The molecule has 86 valence electrons. The van der Waals surface area contributed by atoms with Crippen molar-refractivity contribution in [2.24, 2.45) is 23.7 Å². The van der Waals surface area contributed by atoms with E-state index in [1.807, 2.05) is 0 Å². The zero-order chi connectivity index (χ0) is 12.0. The van der Waals surface area contributed by atoms with Crippen molar-refractivity contribution in [1.82, 2.24) is 4.90 Å². The lowest BCUT2D eigenvalue weighted by atomic mass is 9.72. The van der Waals surface area contributed by atoms with Crippen LogP contribution >= 0.6 is 0 Å². The van der Waals surface area contributed by atoms with Crippen molar-refractivity contribution < 1.29 is 19.5 Å². The van der Waals surface area contributed by atoms with Gasteiger partial charge >= 0.3 is 5.97 Å². The molecule has 0 radical (unpaired) electrons. The minimum atomic E-state index is -1.01. The first-order chi connectivity index (χ1) is 7.45. The normalized spacial score (nSPS) is 37.8. The van der Waals surface area contributed by atoms with Gasteiger partial charge in [-0.1, -0.05) is 19.1 Å². The molecule has 2 amide bonds. The number of hydrogen-bond acceptors (Lipinski definition) is 3. The first-order valence-electron chi connectivity index (χ1n) is 5.17. The molecule has 0 bridgehead atoms. The number of aliphatic carboxylic acids is 1. The number of carbonyl (C=O) groups excluding carboxylic acids is 2. The lowest BCUT2D eigenvalue weighted by Gasteiger charge is -2.28. The Morgan fingerprint density at radius 1 is 1.31 bits per heavy atom. The smallest absolute Gasteiger partial charge is 0.307 e. The summed E-state index contributed by atoms with van der Waals surface area (Å²) in [5.41, 5.74) is 0. The van der Waals surface area contributed by atoms with E-state index >= 15 is 0 Å². The van der Waals surface area contributed by atoms with Crippen LogP contribution in [0.15, 0.2) is 12.2 Å². The zero-order valence-corrected chi connectivity index (χ0v) is 9.08. The molecule has 4 atom stereocenters. The molecule has 2 rings (SSSR count). The highest BCUT2D eigenvalue weighted by Crippen LogP contribution is 2.40. The Kier molecular flexibility index (Phi) is 2.33. The molecule has 0 aromatic rings. The van der Waals surface area contributed by atoms with Crippen LogP contribution < -0.4 is 0 Å². The minimum absolute atomic E-state index is 0.220. The first-order valence-corrected chi connectivity index (χ1v) is 5.17. The SMILES string of the molecule is C[C@@H]1C=C[C@@H]2C(=O)N(C)C(=O)[C@H]2[C@H]1C(=O)O. The van der Waals surface area contributed by atoms with Crippen molar-refractivity contribution in [3.63, 3.8) is 0 Å². The van der Waals surface area contributed by atoms with Gasteiger partial charge in [0.1, 0.15) is 0 Å². The molecule has 1 aliphatic heterocycles. The van der Waals surface area contributed by atoms with Gasteiger partial charge in [-0.25, -0.2) is 0 Å². The van der Waals surface area contributed by atoms with Gasteiger partial charge in [-0.05, 0) is 5.92 Å². The largest absolute Gasteiger partial charge is 0.481 e. The van der Waals surface area contributed by atoms with E-state index < -0.39 is 23.7 Å². The van der Waals surface area contributed by atoms with Gasteiger partial charge in [0.25, 0.3) is 0 Å². The summed E-state index contributed by atoms with van der Waals surface area (Å²) in [5, 5.41) is 9.13. The van der Waals surface area contributed by atoms with E-state index in [1.54, 1.807) is 19.1 Å². The molecule has 1 heterocycles. The third-order valence-electron chi connectivity index (χ3n) is 3.48. The second-order valence-electron chi connectivity index (χ2n) is 4.40. The van der Waals surface area contributed by atoms with Crippen LogP contribution in [0.2, 0.25) is 0 Å². The standard InChI is InChI=1S/C11H13NO4/c1-5-3-4-6-8(7(5)11(15)16)10(14)12(2)9(6)13/h3-8H,1-2H3,(H,15,16)/t5-,6+,7+,8-/m1/s1. The number of carboxylic acid groups (broad SMARTS) is 1. The number of carboxylic acids is 1. The van der Waals surface area contributed by atoms with Crippen LogP contribution in [0.25, 0.3) is 0 Å². The number of amides is 2. The highest BCUT2D eigenvalue weighted by molar-refractivity contribution is 6.07. The fourth-order valence-electron chi connectivity index (χ4n) is 2.56. The Morgan fingerprint density at radius 2 is 1.94 bits per heavy atom. The van der Waals surface area contributed by atoms with Gasteiger partial charge in [-0.3, -0.25) is 19.3 Å². The van der Waals surface area contributed by atoms with Crippen LogP contribution in [0.4, 0.5) is 0 Å². The van der Waals surface area contributed by atoms with Crippen LogP contribution in [0.1, 0.15) is 6.92 Å². The highest BCUT2D eigenvalue weighted by atomic mass is 16.4. The quantitative estimate of drug-likeness (QED) is 0.506.